The summed E-state index contributed by atoms with van der Waals surface area (Å²) in [7, 11) is -2.15. The SMILES string of the molecule is Cc1ccc(S(=O)(=O)N(C)c2ccccc2C(N)=S)cc1. The van der Waals surface area contributed by atoms with Crippen molar-refractivity contribution in [3.8, 4) is 0 Å². The van der Waals surface area contributed by atoms with Gasteiger partial charge in [0, 0.05) is 12.6 Å². The Morgan fingerprint density at radius 2 is 1.67 bits per heavy atom. The fraction of sp³-hybridized carbons (Fsp3) is 0.133. The molecule has 0 radical (unpaired) electrons. The third kappa shape index (κ3) is 3.06. The number of anilines is 1. The van der Waals surface area contributed by atoms with Gasteiger partial charge in [-0.05, 0) is 31.2 Å². The lowest BCUT2D eigenvalue weighted by Crippen LogP contribution is -2.28. The monoisotopic (exact) mass is 320 g/mol. The average Bonchev–Trinajstić information content (AvgIpc) is 2.46. The van der Waals surface area contributed by atoms with Crippen molar-refractivity contribution in [2.75, 3.05) is 11.4 Å². The van der Waals surface area contributed by atoms with Crippen LogP contribution in [0.5, 0.6) is 0 Å². The number of benzene rings is 2. The van der Waals surface area contributed by atoms with Crippen molar-refractivity contribution in [2.24, 2.45) is 5.73 Å². The molecule has 2 aromatic carbocycles. The second-order valence-electron chi connectivity index (χ2n) is 4.67. The molecule has 6 heteroatoms. The highest BCUT2D eigenvalue weighted by Gasteiger charge is 2.23. The maximum absolute atomic E-state index is 12.7. The molecule has 0 aliphatic carbocycles. The van der Waals surface area contributed by atoms with Gasteiger partial charge in [-0.3, -0.25) is 4.31 Å². The maximum Gasteiger partial charge on any atom is 0.264 e. The number of aryl methyl sites for hydroxylation is 1. The van der Waals surface area contributed by atoms with Gasteiger partial charge in [0.05, 0.1) is 10.6 Å². The Labute approximate surface area is 130 Å². The van der Waals surface area contributed by atoms with Crippen molar-refractivity contribution >= 4 is 32.9 Å². The molecule has 0 aliphatic heterocycles. The summed E-state index contributed by atoms with van der Waals surface area (Å²) in [5.41, 5.74) is 7.66. The van der Waals surface area contributed by atoms with Crippen LogP contribution in [0.3, 0.4) is 0 Å². The number of sulfonamides is 1. The van der Waals surface area contributed by atoms with E-state index in [0.717, 1.165) is 5.56 Å². The van der Waals surface area contributed by atoms with E-state index in [1.54, 1.807) is 48.5 Å². The smallest absolute Gasteiger partial charge is 0.264 e. The van der Waals surface area contributed by atoms with Crippen molar-refractivity contribution in [1.29, 1.82) is 0 Å². The minimum atomic E-state index is -3.65. The van der Waals surface area contributed by atoms with Crippen molar-refractivity contribution in [1.82, 2.24) is 0 Å². The van der Waals surface area contributed by atoms with Crippen molar-refractivity contribution in [2.45, 2.75) is 11.8 Å². The van der Waals surface area contributed by atoms with Gasteiger partial charge < -0.3 is 5.73 Å². The number of para-hydroxylation sites is 1. The third-order valence-electron chi connectivity index (χ3n) is 3.19. The maximum atomic E-state index is 12.7. The first kappa shape index (κ1) is 15.5. The van der Waals surface area contributed by atoms with Crippen LogP contribution in [0.2, 0.25) is 0 Å². The van der Waals surface area contributed by atoms with E-state index in [-0.39, 0.29) is 9.88 Å². The summed E-state index contributed by atoms with van der Waals surface area (Å²) in [5, 5.41) is 0. The molecule has 0 spiro atoms. The Morgan fingerprint density at radius 3 is 2.24 bits per heavy atom. The number of nitrogens with two attached hydrogens (primary N) is 1. The summed E-state index contributed by atoms with van der Waals surface area (Å²) in [5.74, 6) is 0. The second-order valence-corrected chi connectivity index (χ2v) is 7.08. The normalized spacial score (nSPS) is 11.1. The Hall–Kier alpha value is -1.92. The van der Waals surface area contributed by atoms with Gasteiger partial charge in [-0.1, -0.05) is 42.0 Å². The zero-order valence-corrected chi connectivity index (χ0v) is 13.4. The number of rotatable bonds is 4. The molecule has 0 saturated heterocycles. The Bertz CT molecular complexity index is 769. The van der Waals surface area contributed by atoms with E-state index in [1.807, 2.05) is 6.92 Å². The van der Waals surface area contributed by atoms with Gasteiger partial charge in [-0.15, -0.1) is 0 Å². The Kier molecular flexibility index (Phi) is 4.29. The molecule has 0 aliphatic rings. The van der Waals surface area contributed by atoms with Gasteiger partial charge in [0.2, 0.25) is 0 Å². The lowest BCUT2D eigenvalue weighted by atomic mass is 10.2. The topological polar surface area (TPSA) is 63.4 Å². The van der Waals surface area contributed by atoms with E-state index < -0.39 is 10.0 Å². The van der Waals surface area contributed by atoms with Gasteiger partial charge >= 0.3 is 0 Å². The van der Waals surface area contributed by atoms with Crippen LogP contribution >= 0.6 is 12.2 Å². The molecule has 0 heterocycles. The number of hydrogen-bond acceptors (Lipinski definition) is 3. The molecule has 0 saturated carbocycles. The summed E-state index contributed by atoms with van der Waals surface area (Å²) in [4.78, 5) is 0.393. The highest BCUT2D eigenvalue weighted by atomic mass is 32.2. The van der Waals surface area contributed by atoms with Crippen LogP contribution < -0.4 is 10.0 Å². The summed E-state index contributed by atoms with van der Waals surface area (Å²) < 4.78 is 26.5. The van der Waals surface area contributed by atoms with Gasteiger partial charge in [0.15, 0.2) is 0 Å². The van der Waals surface area contributed by atoms with E-state index in [2.05, 4.69) is 0 Å². The number of thiocarbonyl (C=S) groups is 1. The summed E-state index contributed by atoms with van der Waals surface area (Å²) >= 11 is 4.98. The van der Waals surface area contributed by atoms with Crippen molar-refractivity contribution in [3.63, 3.8) is 0 Å². The van der Waals surface area contributed by atoms with E-state index in [4.69, 9.17) is 18.0 Å². The minimum Gasteiger partial charge on any atom is -0.389 e. The van der Waals surface area contributed by atoms with Crippen LogP contribution in [-0.4, -0.2) is 20.5 Å². The van der Waals surface area contributed by atoms with E-state index in [9.17, 15) is 8.42 Å². The Balaban J connectivity index is 2.51. The molecule has 2 N–H and O–H groups in total. The molecule has 4 nitrogen and oxygen atoms in total. The van der Waals surface area contributed by atoms with Crippen LogP contribution in [0, 0.1) is 6.92 Å². The fourth-order valence-electron chi connectivity index (χ4n) is 1.95. The molecule has 0 bridgehead atoms. The average molecular weight is 320 g/mol. The van der Waals surface area contributed by atoms with Crippen LogP contribution in [0.25, 0.3) is 0 Å². The zero-order chi connectivity index (χ0) is 15.6. The summed E-state index contributed by atoms with van der Waals surface area (Å²) in [6.45, 7) is 1.91. The first-order valence-electron chi connectivity index (χ1n) is 6.28. The second kappa shape index (κ2) is 5.83. The van der Waals surface area contributed by atoms with Crippen LogP contribution in [0.15, 0.2) is 53.4 Å². The van der Waals surface area contributed by atoms with E-state index in [0.29, 0.717) is 11.3 Å². The highest BCUT2D eigenvalue weighted by molar-refractivity contribution is 7.92. The largest absolute Gasteiger partial charge is 0.389 e. The predicted octanol–water partition coefficient (Wildman–Crippen LogP) is 2.45. The molecule has 0 aromatic heterocycles. The van der Waals surface area contributed by atoms with Gasteiger partial charge in [-0.25, -0.2) is 8.42 Å². The van der Waals surface area contributed by atoms with Crippen LogP contribution in [0.4, 0.5) is 5.69 Å². The number of hydrogen-bond donors (Lipinski definition) is 1. The molecule has 2 rings (SSSR count). The molecule has 0 amide bonds. The number of nitrogens with zero attached hydrogens (tertiary/aromatic N) is 1. The summed E-state index contributed by atoms with van der Waals surface area (Å²) in [6, 6.07) is 13.6. The predicted molar refractivity (Wildman–Crippen MR) is 89.1 cm³/mol. The zero-order valence-electron chi connectivity index (χ0n) is 11.8. The molecule has 110 valence electrons. The van der Waals surface area contributed by atoms with Crippen molar-refractivity contribution < 1.29 is 8.42 Å². The van der Waals surface area contributed by atoms with Crippen LogP contribution in [0.1, 0.15) is 11.1 Å². The minimum absolute atomic E-state index is 0.163. The van der Waals surface area contributed by atoms with E-state index >= 15 is 0 Å². The van der Waals surface area contributed by atoms with Gasteiger partial charge in [-0.2, -0.15) is 0 Å². The first-order valence-corrected chi connectivity index (χ1v) is 8.13. The Morgan fingerprint density at radius 1 is 1.10 bits per heavy atom. The molecule has 0 unspecified atom stereocenters. The fourth-order valence-corrected chi connectivity index (χ4v) is 3.34. The quantitative estimate of drug-likeness (QED) is 0.879. The molecule has 21 heavy (non-hydrogen) atoms. The molecule has 0 fully saturated rings. The lowest BCUT2D eigenvalue weighted by Gasteiger charge is -2.22. The summed E-state index contributed by atoms with van der Waals surface area (Å²) in [6.07, 6.45) is 0. The van der Waals surface area contributed by atoms with E-state index in [1.165, 1.54) is 11.4 Å². The standard InChI is InChI=1S/C15H16N2O2S2/c1-11-7-9-12(10-8-11)21(18,19)17(2)14-6-4-3-5-13(14)15(16)20/h3-10H,1-2H3,(H2,16,20). The van der Waals surface area contributed by atoms with Gasteiger partial charge in [0.25, 0.3) is 10.0 Å². The van der Waals surface area contributed by atoms with Crippen LogP contribution in [-0.2, 0) is 10.0 Å². The van der Waals surface area contributed by atoms with Crippen molar-refractivity contribution in [3.05, 3.63) is 59.7 Å². The highest BCUT2D eigenvalue weighted by Crippen LogP contribution is 2.25. The molecule has 0 atom stereocenters. The third-order valence-corrected chi connectivity index (χ3v) is 5.19. The van der Waals surface area contributed by atoms with Gasteiger partial charge in [0.1, 0.15) is 4.99 Å². The molecular formula is C15H16N2O2S2. The first-order chi connectivity index (χ1) is 9.84. The molecular weight excluding hydrogens is 304 g/mol. The lowest BCUT2D eigenvalue weighted by molar-refractivity contribution is 0.594. The molecule has 2 aromatic rings.